The molecule has 0 fully saturated rings. The van der Waals surface area contributed by atoms with E-state index in [9.17, 15) is 0 Å². The summed E-state index contributed by atoms with van der Waals surface area (Å²) >= 11 is 1.90. The lowest BCUT2D eigenvalue weighted by Gasteiger charge is -2.21. The van der Waals surface area contributed by atoms with Crippen LogP contribution in [0.25, 0.3) is 53.5 Å². The number of H-pyrrole nitrogens is 1. The number of benzene rings is 4. The van der Waals surface area contributed by atoms with Crippen molar-refractivity contribution < 1.29 is 0 Å². The highest BCUT2D eigenvalue weighted by Crippen LogP contribution is 2.52. The lowest BCUT2D eigenvalue weighted by atomic mass is 9.81. The summed E-state index contributed by atoms with van der Waals surface area (Å²) in [5.41, 5.74) is 9.29. The highest BCUT2D eigenvalue weighted by atomic mass is 32.1. The number of fused-ring (bicyclic) bond motifs is 8. The molecule has 1 aliphatic rings. The predicted octanol–water partition coefficient (Wildman–Crippen LogP) is 8.51. The van der Waals surface area contributed by atoms with Gasteiger partial charge in [-0.3, -0.25) is 0 Å². The molecule has 1 nitrogen and oxygen atoms in total. The van der Waals surface area contributed by atoms with Gasteiger partial charge in [0.1, 0.15) is 0 Å². The molecule has 1 N–H and O–H groups in total. The van der Waals surface area contributed by atoms with Crippen LogP contribution in [-0.4, -0.2) is 4.98 Å². The second-order valence-corrected chi connectivity index (χ2v) is 10.1. The predicted molar refractivity (Wildman–Crippen MR) is 134 cm³/mol. The van der Waals surface area contributed by atoms with E-state index in [1.54, 1.807) is 0 Å². The third kappa shape index (κ3) is 2.21. The molecule has 6 aromatic rings. The van der Waals surface area contributed by atoms with Gasteiger partial charge in [-0.1, -0.05) is 80.6 Å². The van der Waals surface area contributed by atoms with Crippen molar-refractivity contribution in [1.29, 1.82) is 0 Å². The average Bonchev–Trinajstić information content (AvgIpc) is 3.43. The number of aromatic amines is 1. The molecule has 2 aromatic heterocycles. The van der Waals surface area contributed by atoms with Crippen molar-refractivity contribution in [3.8, 4) is 22.4 Å². The third-order valence-electron chi connectivity index (χ3n) is 7.01. The molecular weight excluding hydrogens is 394 g/mol. The van der Waals surface area contributed by atoms with E-state index in [1.807, 2.05) is 11.3 Å². The van der Waals surface area contributed by atoms with E-state index in [0.29, 0.717) is 0 Å². The standard InChI is InChI=1S/C29H21NS/c1-29(2)23-12-5-3-9-21(23)27-26(29)22-16-17(14-15-24(22)30-27)18-10-7-11-20-19-8-4-6-13-25(19)31-28(18)20/h3-16,30H,1-2H3. The van der Waals surface area contributed by atoms with Crippen LogP contribution in [0.3, 0.4) is 0 Å². The molecule has 0 saturated heterocycles. The Labute approximate surface area is 185 Å². The van der Waals surface area contributed by atoms with E-state index < -0.39 is 0 Å². The molecule has 0 unspecified atom stereocenters. The summed E-state index contributed by atoms with van der Waals surface area (Å²) in [5.74, 6) is 0. The second-order valence-electron chi connectivity index (χ2n) is 9.09. The minimum absolute atomic E-state index is 0.00752. The van der Waals surface area contributed by atoms with Crippen LogP contribution in [0.5, 0.6) is 0 Å². The van der Waals surface area contributed by atoms with Crippen LogP contribution in [0, 0.1) is 0 Å². The van der Waals surface area contributed by atoms with E-state index in [0.717, 1.165) is 0 Å². The summed E-state index contributed by atoms with van der Waals surface area (Å²) in [6.45, 7) is 4.70. The van der Waals surface area contributed by atoms with Crippen LogP contribution >= 0.6 is 11.3 Å². The molecule has 1 aliphatic carbocycles. The fourth-order valence-corrected chi connectivity index (χ4v) is 6.80. The van der Waals surface area contributed by atoms with E-state index in [4.69, 9.17) is 0 Å². The van der Waals surface area contributed by atoms with Gasteiger partial charge in [-0.15, -0.1) is 11.3 Å². The second kappa shape index (κ2) is 5.87. The zero-order chi connectivity index (χ0) is 20.7. The molecule has 0 atom stereocenters. The molecule has 0 amide bonds. The first-order chi connectivity index (χ1) is 15.1. The molecule has 31 heavy (non-hydrogen) atoms. The van der Waals surface area contributed by atoms with Crippen molar-refractivity contribution in [1.82, 2.24) is 4.98 Å². The lowest BCUT2D eigenvalue weighted by molar-refractivity contribution is 0.666. The molecule has 0 saturated carbocycles. The number of rotatable bonds is 1. The van der Waals surface area contributed by atoms with Crippen LogP contribution in [0.4, 0.5) is 0 Å². The fourth-order valence-electron chi connectivity index (χ4n) is 5.57. The highest BCUT2D eigenvalue weighted by Gasteiger charge is 2.38. The van der Waals surface area contributed by atoms with Gasteiger partial charge >= 0.3 is 0 Å². The van der Waals surface area contributed by atoms with Crippen molar-refractivity contribution in [3.05, 3.63) is 96.1 Å². The third-order valence-corrected chi connectivity index (χ3v) is 8.23. The van der Waals surface area contributed by atoms with Gasteiger partial charge in [0.05, 0.1) is 5.69 Å². The quantitative estimate of drug-likeness (QED) is 0.277. The summed E-state index contributed by atoms with van der Waals surface area (Å²) in [7, 11) is 0. The normalized spacial score (nSPS) is 14.4. The van der Waals surface area contributed by atoms with Gasteiger partial charge in [0, 0.05) is 42.1 Å². The summed E-state index contributed by atoms with van der Waals surface area (Å²) in [6.07, 6.45) is 0. The van der Waals surface area contributed by atoms with E-state index in [2.05, 4.69) is 104 Å². The van der Waals surface area contributed by atoms with Crippen molar-refractivity contribution >= 4 is 42.4 Å². The molecule has 2 heterocycles. The van der Waals surface area contributed by atoms with Crippen molar-refractivity contribution in [2.75, 3.05) is 0 Å². The summed E-state index contributed by atoms with van der Waals surface area (Å²) in [4.78, 5) is 3.73. The number of aromatic nitrogens is 1. The number of hydrogen-bond acceptors (Lipinski definition) is 1. The smallest absolute Gasteiger partial charge is 0.0509 e. The first-order valence-electron chi connectivity index (χ1n) is 10.8. The minimum Gasteiger partial charge on any atom is -0.354 e. The van der Waals surface area contributed by atoms with Crippen LogP contribution in [0.15, 0.2) is 84.9 Å². The summed E-state index contributed by atoms with van der Waals surface area (Å²) in [6, 6.07) is 31.2. The molecule has 148 valence electrons. The first kappa shape index (κ1) is 17.3. The van der Waals surface area contributed by atoms with Gasteiger partial charge in [0.15, 0.2) is 0 Å². The molecule has 0 aliphatic heterocycles. The van der Waals surface area contributed by atoms with Crippen LogP contribution < -0.4 is 0 Å². The number of hydrogen-bond donors (Lipinski definition) is 1. The van der Waals surface area contributed by atoms with Crippen molar-refractivity contribution in [3.63, 3.8) is 0 Å². The molecule has 0 spiro atoms. The summed E-state index contributed by atoms with van der Waals surface area (Å²) in [5, 5.41) is 4.04. The minimum atomic E-state index is -0.00752. The average molecular weight is 416 g/mol. The Morgan fingerprint density at radius 1 is 0.710 bits per heavy atom. The Hall–Kier alpha value is -3.36. The van der Waals surface area contributed by atoms with E-state index in [1.165, 1.54) is 64.6 Å². The van der Waals surface area contributed by atoms with Crippen LogP contribution in [0.1, 0.15) is 25.0 Å². The van der Waals surface area contributed by atoms with Gasteiger partial charge in [0.25, 0.3) is 0 Å². The van der Waals surface area contributed by atoms with Crippen LogP contribution in [0.2, 0.25) is 0 Å². The largest absolute Gasteiger partial charge is 0.354 e. The maximum Gasteiger partial charge on any atom is 0.0509 e. The Morgan fingerprint density at radius 2 is 1.48 bits per heavy atom. The molecular formula is C29H21NS. The molecule has 7 rings (SSSR count). The first-order valence-corrected chi connectivity index (χ1v) is 11.6. The van der Waals surface area contributed by atoms with Crippen molar-refractivity contribution in [2.24, 2.45) is 0 Å². The van der Waals surface area contributed by atoms with Gasteiger partial charge in [-0.2, -0.15) is 0 Å². The number of nitrogens with one attached hydrogen (secondary N) is 1. The Bertz CT molecular complexity index is 1660. The van der Waals surface area contributed by atoms with Gasteiger partial charge < -0.3 is 4.98 Å². The summed E-state index contributed by atoms with van der Waals surface area (Å²) < 4.78 is 2.72. The molecule has 2 heteroatoms. The topological polar surface area (TPSA) is 15.8 Å². The van der Waals surface area contributed by atoms with Gasteiger partial charge in [0.2, 0.25) is 0 Å². The zero-order valence-electron chi connectivity index (χ0n) is 17.5. The Morgan fingerprint density at radius 3 is 2.42 bits per heavy atom. The zero-order valence-corrected chi connectivity index (χ0v) is 18.3. The fraction of sp³-hybridized carbons (Fsp3) is 0.103. The van der Waals surface area contributed by atoms with E-state index in [-0.39, 0.29) is 5.41 Å². The maximum atomic E-state index is 3.73. The van der Waals surface area contributed by atoms with E-state index >= 15 is 0 Å². The Kier molecular flexibility index (Phi) is 3.28. The lowest BCUT2D eigenvalue weighted by Crippen LogP contribution is -2.14. The van der Waals surface area contributed by atoms with Crippen molar-refractivity contribution in [2.45, 2.75) is 19.3 Å². The SMILES string of the molecule is CC1(C)c2ccccc2-c2[nH]c3ccc(-c4cccc5c4sc4ccccc45)cc3c21. The molecule has 4 aromatic carbocycles. The van der Waals surface area contributed by atoms with Gasteiger partial charge in [-0.25, -0.2) is 0 Å². The molecule has 0 radical (unpaired) electrons. The Balaban J connectivity index is 1.51. The molecule has 0 bridgehead atoms. The highest BCUT2D eigenvalue weighted by molar-refractivity contribution is 7.26. The number of thiophene rings is 1. The van der Waals surface area contributed by atoms with Crippen LogP contribution in [-0.2, 0) is 5.41 Å². The van der Waals surface area contributed by atoms with Gasteiger partial charge in [-0.05, 0) is 40.5 Å². The monoisotopic (exact) mass is 415 g/mol. The maximum absolute atomic E-state index is 3.73.